The lowest BCUT2D eigenvalue weighted by Gasteiger charge is -2.19. The van der Waals surface area contributed by atoms with Gasteiger partial charge in [0.2, 0.25) is 5.91 Å². The lowest BCUT2D eigenvalue weighted by atomic mass is 9.94. The average Bonchev–Trinajstić information content (AvgIpc) is 2.90. The Morgan fingerprint density at radius 3 is 2.26 bits per heavy atom. The number of amides is 1. The Hall–Kier alpha value is -0.530. The summed E-state index contributed by atoms with van der Waals surface area (Å²) in [5.74, 6) is 0.620. The molecule has 1 fully saturated rings. The van der Waals surface area contributed by atoms with Crippen LogP contribution in [0.3, 0.4) is 0 Å². The van der Waals surface area contributed by atoms with Gasteiger partial charge in [-0.3, -0.25) is 4.79 Å². The second kappa shape index (κ2) is 10.3. The second-order valence-electron chi connectivity index (χ2n) is 6.18. The highest BCUT2D eigenvalue weighted by molar-refractivity contribution is 5.78. The molecule has 0 bridgehead atoms. The van der Waals surface area contributed by atoms with Gasteiger partial charge in [-0.1, -0.05) is 65.2 Å². The molecule has 112 valence electrons. The van der Waals surface area contributed by atoms with Crippen LogP contribution in [0.15, 0.2) is 0 Å². The van der Waals surface area contributed by atoms with E-state index in [2.05, 4.69) is 19.2 Å². The van der Waals surface area contributed by atoms with E-state index in [9.17, 15) is 4.79 Å². The summed E-state index contributed by atoms with van der Waals surface area (Å²) >= 11 is 0. The summed E-state index contributed by atoms with van der Waals surface area (Å²) < 4.78 is 0. The van der Waals surface area contributed by atoms with Crippen LogP contribution < -0.4 is 5.32 Å². The maximum Gasteiger partial charge on any atom is 0.223 e. The van der Waals surface area contributed by atoms with Gasteiger partial charge in [-0.25, -0.2) is 0 Å². The lowest BCUT2D eigenvalue weighted by Crippen LogP contribution is -2.37. The molecule has 2 nitrogen and oxygen atoms in total. The van der Waals surface area contributed by atoms with Crippen molar-refractivity contribution in [2.24, 2.45) is 5.92 Å². The summed E-state index contributed by atoms with van der Waals surface area (Å²) in [5, 5.41) is 3.29. The minimum atomic E-state index is 0.275. The summed E-state index contributed by atoms with van der Waals surface area (Å²) in [5.41, 5.74) is 0. The van der Waals surface area contributed by atoms with Crippen molar-refractivity contribution in [2.75, 3.05) is 0 Å². The molecule has 0 heterocycles. The molecule has 0 aromatic carbocycles. The largest absolute Gasteiger partial charge is 0.353 e. The number of hydrogen-bond acceptors (Lipinski definition) is 1. The monoisotopic (exact) mass is 267 g/mol. The number of unbranched alkanes of at least 4 members (excludes halogenated alkanes) is 4. The molecule has 1 aliphatic rings. The van der Waals surface area contributed by atoms with Crippen LogP contribution in [0.2, 0.25) is 0 Å². The highest BCUT2D eigenvalue weighted by atomic mass is 16.1. The first-order valence-electron chi connectivity index (χ1n) is 8.58. The summed E-state index contributed by atoms with van der Waals surface area (Å²) in [7, 11) is 0. The lowest BCUT2D eigenvalue weighted by molar-refractivity contribution is -0.126. The van der Waals surface area contributed by atoms with E-state index in [1.54, 1.807) is 0 Å². The molecule has 0 aromatic heterocycles. The first-order chi connectivity index (χ1) is 9.27. The van der Waals surface area contributed by atoms with E-state index in [0.717, 1.165) is 12.8 Å². The standard InChI is InChI=1S/C17H33NO/c1-3-5-7-8-12-15(11-6-4-2)17(19)18-16-13-9-10-14-16/h15-16H,3-14H2,1-2H3,(H,18,19). The smallest absolute Gasteiger partial charge is 0.223 e. The summed E-state index contributed by atoms with van der Waals surface area (Å²) in [6.45, 7) is 4.45. The molecule has 0 aliphatic heterocycles. The zero-order chi connectivity index (χ0) is 13.9. The zero-order valence-electron chi connectivity index (χ0n) is 13.0. The van der Waals surface area contributed by atoms with E-state index >= 15 is 0 Å². The third kappa shape index (κ3) is 6.98. The molecule has 1 unspecified atom stereocenters. The quantitative estimate of drug-likeness (QED) is 0.565. The van der Waals surface area contributed by atoms with Gasteiger partial charge in [0.05, 0.1) is 0 Å². The Labute approximate surface area is 119 Å². The molecule has 1 aliphatic carbocycles. The van der Waals surface area contributed by atoms with Crippen LogP contribution in [0, 0.1) is 5.92 Å². The first kappa shape index (κ1) is 16.5. The molecular weight excluding hydrogens is 234 g/mol. The molecule has 19 heavy (non-hydrogen) atoms. The summed E-state index contributed by atoms with van der Waals surface area (Å²) in [6.07, 6.45) is 14.6. The normalized spacial score (nSPS) is 17.6. The molecule has 0 saturated heterocycles. The minimum Gasteiger partial charge on any atom is -0.353 e. The van der Waals surface area contributed by atoms with Crippen molar-refractivity contribution in [3.63, 3.8) is 0 Å². The SMILES string of the molecule is CCCCCCC(CCCC)C(=O)NC1CCCC1. The maximum atomic E-state index is 12.4. The van der Waals surface area contributed by atoms with E-state index in [1.165, 1.54) is 64.2 Å². The summed E-state index contributed by atoms with van der Waals surface area (Å²) in [4.78, 5) is 12.4. The fourth-order valence-corrected chi connectivity index (χ4v) is 3.06. The van der Waals surface area contributed by atoms with Crippen LogP contribution in [0.5, 0.6) is 0 Å². The second-order valence-corrected chi connectivity index (χ2v) is 6.18. The Kier molecular flexibility index (Phi) is 8.94. The highest BCUT2D eigenvalue weighted by Gasteiger charge is 2.22. The van der Waals surface area contributed by atoms with Crippen molar-refractivity contribution in [2.45, 2.75) is 96.9 Å². The van der Waals surface area contributed by atoms with Crippen molar-refractivity contribution < 1.29 is 4.79 Å². The van der Waals surface area contributed by atoms with Crippen LogP contribution in [0.4, 0.5) is 0 Å². The fourth-order valence-electron chi connectivity index (χ4n) is 3.06. The van der Waals surface area contributed by atoms with Gasteiger partial charge in [0.15, 0.2) is 0 Å². The zero-order valence-corrected chi connectivity index (χ0v) is 13.0. The van der Waals surface area contributed by atoms with Crippen molar-refractivity contribution in [1.82, 2.24) is 5.32 Å². The molecule has 2 heteroatoms. The minimum absolute atomic E-state index is 0.275. The Morgan fingerprint density at radius 1 is 1.00 bits per heavy atom. The Bertz CT molecular complexity index is 233. The molecule has 1 atom stereocenters. The van der Waals surface area contributed by atoms with Gasteiger partial charge >= 0.3 is 0 Å². The van der Waals surface area contributed by atoms with Crippen LogP contribution >= 0.6 is 0 Å². The van der Waals surface area contributed by atoms with E-state index in [-0.39, 0.29) is 5.92 Å². The number of nitrogens with one attached hydrogen (secondary N) is 1. The third-order valence-corrected chi connectivity index (χ3v) is 4.38. The van der Waals surface area contributed by atoms with Gasteiger partial charge < -0.3 is 5.32 Å². The first-order valence-corrected chi connectivity index (χ1v) is 8.58. The Balaban J connectivity index is 2.30. The highest BCUT2D eigenvalue weighted by Crippen LogP contribution is 2.21. The van der Waals surface area contributed by atoms with Crippen molar-refractivity contribution in [1.29, 1.82) is 0 Å². The maximum absolute atomic E-state index is 12.4. The molecule has 1 amide bonds. The van der Waals surface area contributed by atoms with Gasteiger partial charge in [-0.05, 0) is 25.7 Å². The van der Waals surface area contributed by atoms with Gasteiger partial charge in [0.25, 0.3) is 0 Å². The number of hydrogen-bond donors (Lipinski definition) is 1. The predicted octanol–water partition coefficient (Wildman–Crippen LogP) is 4.82. The van der Waals surface area contributed by atoms with Crippen LogP contribution in [0.25, 0.3) is 0 Å². The summed E-state index contributed by atoms with van der Waals surface area (Å²) in [6, 6.07) is 0.479. The van der Waals surface area contributed by atoms with E-state index < -0.39 is 0 Å². The van der Waals surface area contributed by atoms with Gasteiger partial charge in [0.1, 0.15) is 0 Å². The number of rotatable bonds is 10. The molecular formula is C17H33NO. The average molecular weight is 267 g/mol. The van der Waals surface area contributed by atoms with Crippen molar-refractivity contribution in [3.8, 4) is 0 Å². The van der Waals surface area contributed by atoms with Crippen LogP contribution in [0.1, 0.15) is 90.9 Å². The molecule has 1 rings (SSSR count). The molecule has 0 spiro atoms. The van der Waals surface area contributed by atoms with Gasteiger partial charge in [-0.2, -0.15) is 0 Å². The molecule has 0 aromatic rings. The van der Waals surface area contributed by atoms with E-state index in [1.807, 2.05) is 0 Å². The third-order valence-electron chi connectivity index (χ3n) is 4.38. The van der Waals surface area contributed by atoms with Crippen LogP contribution in [-0.4, -0.2) is 11.9 Å². The number of carbonyl (C=O) groups is 1. The molecule has 1 N–H and O–H groups in total. The van der Waals surface area contributed by atoms with Gasteiger partial charge in [-0.15, -0.1) is 0 Å². The van der Waals surface area contributed by atoms with Crippen molar-refractivity contribution >= 4 is 5.91 Å². The molecule has 1 saturated carbocycles. The van der Waals surface area contributed by atoms with E-state index in [0.29, 0.717) is 11.9 Å². The van der Waals surface area contributed by atoms with Gasteiger partial charge in [0, 0.05) is 12.0 Å². The number of carbonyl (C=O) groups excluding carboxylic acids is 1. The van der Waals surface area contributed by atoms with E-state index in [4.69, 9.17) is 0 Å². The topological polar surface area (TPSA) is 29.1 Å². The fraction of sp³-hybridized carbons (Fsp3) is 0.941. The predicted molar refractivity (Wildman–Crippen MR) is 82.2 cm³/mol. The Morgan fingerprint density at radius 2 is 1.63 bits per heavy atom. The van der Waals surface area contributed by atoms with Crippen LogP contribution in [-0.2, 0) is 4.79 Å². The van der Waals surface area contributed by atoms with Crippen molar-refractivity contribution in [3.05, 3.63) is 0 Å². The molecule has 0 radical (unpaired) electrons.